The van der Waals surface area contributed by atoms with E-state index in [1.54, 1.807) is 0 Å². The molecular formula is C16H12Cl3NO4. The Hall–Kier alpha value is -1.95. The topological polar surface area (TPSA) is 64.6 Å². The normalized spacial score (nSPS) is 10.1. The van der Waals surface area contributed by atoms with Crippen LogP contribution in [0.3, 0.4) is 0 Å². The fraction of sp³-hybridized carbons (Fsp3) is 0.125. The third-order valence-corrected chi connectivity index (χ3v) is 3.81. The van der Waals surface area contributed by atoms with Crippen molar-refractivity contribution in [1.29, 1.82) is 0 Å². The third-order valence-electron chi connectivity index (χ3n) is 2.79. The molecule has 126 valence electrons. The van der Waals surface area contributed by atoms with E-state index in [-0.39, 0.29) is 34.0 Å². The number of esters is 1. The molecule has 0 spiro atoms. The highest BCUT2D eigenvalue weighted by Crippen LogP contribution is 2.33. The molecule has 2 rings (SSSR count). The number of halogens is 3. The van der Waals surface area contributed by atoms with Crippen LogP contribution in [0.1, 0.15) is 5.56 Å². The Bertz CT molecular complexity index is 738. The van der Waals surface area contributed by atoms with Gasteiger partial charge < -0.3 is 14.8 Å². The lowest BCUT2D eigenvalue weighted by molar-refractivity contribution is -0.133. The quantitative estimate of drug-likeness (QED) is 0.466. The van der Waals surface area contributed by atoms with Crippen molar-refractivity contribution in [2.45, 2.75) is 6.61 Å². The van der Waals surface area contributed by atoms with Gasteiger partial charge in [0, 0.05) is 6.07 Å². The number of amides is 1. The first-order chi connectivity index (χ1) is 11.5. The average molecular weight is 389 g/mol. The third kappa shape index (κ3) is 5.60. The van der Waals surface area contributed by atoms with Crippen LogP contribution in [-0.2, 0) is 16.1 Å². The largest absolute Gasteiger partial charge is 0.445 e. The molecule has 0 radical (unpaired) electrons. The van der Waals surface area contributed by atoms with Gasteiger partial charge in [0.1, 0.15) is 13.2 Å². The van der Waals surface area contributed by atoms with Crippen LogP contribution in [0.15, 0.2) is 42.5 Å². The van der Waals surface area contributed by atoms with Gasteiger partial charge in [-0.05, 0) is 11.6 Å². The molecule has 1 amide bonds. The molecule has 0 saturated heterocycles. The number of nitrogens with one attached hydrogen (secondary N) is 1. The maximum atomic E-state index is 11.7. The molecule has 0 aliphatic carbocycles. The number of hydrogen-bond acceptors (Lipinski definition) is 4. The smallest absolute Gasteiger partial charge is 0.407 e. The number of carbonyl (C=O) groups is 2. The van der Waals surface area contributed by atoms with Gasteiger partial charge >= 0.3 is 12.1 Å². The molecule has 24 heavy (non-hydrogen) atoms. The average Bonchev–Trinajstić information content (AvgIpc) is 2.57. The zero-order valence-electron chi connectivity index (χ0n) is 12.2. The van der Waals surface area contributed by atoms with Crippen LogP contribution in [0, 0.1) is 0 Å². The van der Waals surface area contributed by atoms with E-state index in [1.807, 2.05) is 30.3 Å². The maximum absolute atomic E-state index is 11.7. The standard InChI is InChI=1S/C16H12Cl3NO4/c17-11-6-13(19)14(7-12(11)18)24-15(21)8-20-16(22)23-9-10-4-2-1-3-5-10/h1-7H,8-9H2,(H,20,22). The number of carbonyl (C=O) groups excluding carboxylic acids is 2. The molecule has 0 fully saturated rings. The van der Waals surface area contributed by atoms with Crippen molar-refractivity contribution in [3.8, 4) is 5.75 Å². The highest BCUT2D eigenvalue weighted by atomic mass is 35.5. The van der Waals surface area contributed by atoms with Crippen LogP contribution >= 0.6 is 34.8 Å². The van der Waals surface area contributed by atoms with Gasteiger partial charge in [-0.1, -0.05) is 65.1 Å². The minimum absolute atomic E-state index is 0.0514. The molecular weight excluding hydrogens is 377 g/mol. The summed E-state index contributed by atoms with van der Waals surface area (Å²) in [6.07, 6.45) is -0.740. The molecule has 8 heteroatoms. The van der Waals surface area contributed by atoms with Crippen LogP contribution in [0.2, 0.25) is 15.1 Å². The molecule has 0 heterocycles. The van der Waals surface area contributed by atoms with E-state index in [0.29, 0.717) is 0 Å². The Labute approximate surface area is 153 Å². The summed E-state index contributed by atoms with van der Waals surface area (Å²) < 4.78 is 9.97. The second-order valence-corrected chi connectivity index (χ2v) is 5.81. The van der Waals surface area contributed by atoms with E-state index in [0.717, 1.165) is 5.56 Å². The van der Waals surface area contributed by atoms with Crippen molar-refractivity contribution >= 4 is 46.9 Å². The summed E-state index contributed by atoms with van der Waals surface area (Å²) in [5, 5.41) is 2.84. The SMILES string of the molecule is O=C(CNC(=O)OCc1ccccc1)Oc1cc(Cl)c(Cl)cc1Cl. The van der Waals surface area contributed by atoms with Gasteiger partial charge in [0.15, 0.2) is 5.75 Å². The molecule has 2 aromatic rings. The summed E-state index contributed by atoms with van der Waals surface area (Å²) in [5.74, 6) is -0.678. The molecule has 0 aliphatic heterocycles. The van der Waals surface area contributed by atoms with Crippen LogP contribution < -0.4 is 10.1 Å². The summed E-state index contributed by atoms with van der Waals surface area (Å²) in [4.78, 5) is 23.2. The Morgan fingerprint density at radius 1 is 0.958 bits per heavy atom. The van der Waals surface area contributed by atoms with Gasteiger partial charge in [0.05, 0.1) is 15.1 Å². The van der Waals surface area contributed by atoms with Gasteiger partial charge in [-0.25, -0.2) is 9.59 Å². The Morgan fingerprint density at radius 2 is 1.62 bits per heavy atom. The van der Waals surface area contributed by atoms with E-state index < -0.39 is 12.1 Å². The molecule has 0 aromatic heterocycles. The lowest BCUT2D eigenvalue weighted by atomic mass is 10.2. The summed E-state index contributed by atoms with van der Waals surface area (Å²) in [5.41, 5.74) is 0.831. The van der Waals surface area contributed by atoms with Crippen LogP contribution in [-0.4, -0.2) is 18.6 Å². The lowest BCUT2D eigenvalue weighted by Gasteiger charge is -2.09. The minimum Gasteiger partial charge on any atom is -0.445 e. The Morgan fingerprint density at radius 3 is 2.33 bits per heavy atom. The highest BCUT2D eigenvalue weighted by Gasteiger charge is 2.13. The zero-order valence-corrected chi connectivity index (χ0v) is 14.5. The minimum atomic E-state index is -0.740. The second kappa shape index (κ2) is 8.78. The Balaban J connectivity index is 1.78. The molecule has 0 aliphatic rings. The van der Waals surface area contributed by atoms with Crippen molar-refractivity contribution in [3.63, 3.8) is 0 Å². The first-order valence-corrected chi connectivity index (χ1v) is 7.89. The van der Waals surface area contributed by atoms with E-state index in [9.17, 15) is 9.59 Å². The molecule has 1 N–H and O–H groups in total. The Kier molecular flexibility index (Phi) is 6.73. The predicted molar refractivity (Wildman–Crippen MR) is 91.7 cm³/mol. The molecule has 0 unspecified atom stereocenters. The maximum Gasteiger partial charge on any atom is 0.407 e. The fourth-order valence-corrected chi connectivity index (χ4v) is 2.24. The van der Waals surface area contributed by atoms with E-state index in [1.165, 1.54) is 12.1 Å². The van der Waals surface area contributed by atoms with Crippen molar-refractivity contribution in [3.05, 3.63) is 63.1 Å². The first-order valence-electron chi connectivity index (χ1n) is 6.75. The molecule has 0 atom stereocenters. The van der Waals surface area contributed by atoms with E-state index >= 15 is 0 Å². The fourth-order valence-electron chi connectivity index (χ4n) is 1.66. The number of ether oxygens (including phenoxy) is 2. The van der Waals surface area contributed by atoms with Gasteiger partial charge in [-0.3, -0.25) is 0 Å². The van der Waals surface area contributed by atoms with Crippen LogP contribution in [0.5, 0.6) is 5.75 Å². The van der Waals surface area contributed by atoms with Crippen molar-refractivity contribution in [2.75, 3.05) is 6.54 Å². The van der Waals surface area contributed by atoms with Gasteiger partial charge in [0.25, 0.3) is 0 Å². The van der Waals surface area contributed by atoms with Crippen molar-refractivity contribution in [2.24, 2.45) is 0 Å². The van der Waals surface area contributed by atoms with Gasteiger partial charge in [-0.15, -0.1) is 0 Å². The molecule has 0 saturated carbocycles. The number of alkyl carbamates (subject to hydrolysis) is 1. The first kappa shape index (κ1) is 18.4. The van der Waals surface area contributed by atoms with Crippen LogP contribution in [0.25, 0.3) is 0 Å². The summed E-state index contributed by atoms with van der Waals surface area (Å²) in [7, 11) is 0. The van der Waals surface area contributed by atoms with Crippen molar-refractivity contribution < 1.29 is 19.1 Å². The van der Waals surface area contributed by atoms with Crippen LogP contribution in [0.4, 0.5) is 4.79 Å². The molecule has 5 nitrogen and oxygen atoms in total. The lowest BCUT2D eigenvalue weighted by Crippen LogP contribution is -2.32. The number of hydrogen-bond donors (Lipinski definition) is 1. The number of benzene rings is 2. The molecule has 0 bridgehead atoms. The highest BCUT2D eigenvalue weighted by molar-refractivity contribution is 6.43. The van der Waals surface area contributed by atoms with E-state index in [2.05, 4.69) is 5.32 Å². The summed E-state index contributed by atoms with van der Waals surface area (Å²) >= 11 is 17.5. The second-order valence-electron chi connectivity index (χ2n) is 4.59. The van der Waals surface area contributed by atoms with Gasteiger partial charge in [0.2, 0.25) is 0 Å². The monoisotopic (exact) mass is 387 g/mol. The van der Waals surface area contributed by atoms with E-state index in [4.69, 9.17) is 44.3 Å². The summed E-state index contributed by atoms with van der Waals surface area (Å²) in [6, 6.07) is 11.8. The summed E-state index contributed by atoms with van der Waals surface area (Å²) in [6.45, 7) is -0.287. The van der Waals surface area contributed by atoms with Crippen molar-refractivity contribution in [1.82, 2.24) is 5.32 Å². The predicted octanol–water partition coefficient (Wildman–Crippen LogP) is 4.48. The molecule has 2 aromatic carbocycles. The number of rotatable bonds is 5. The zero-order chi connectivity index (χ0) is 17.5. The van der Waals surface area contributed by atoms with Gasteiger partial charge in [-0.2, -0.15) is 0 Å².